The summed E-state index contributed by atoms with van der Waals surface area (Å²) in [5.41, 5.74) is 3.35. The molecule has 0 amide bonds. The fourth-order valence-electron chi connectivity index (χ4n) is 3.73. The lowest BCUT2D eigenvalue weighted by atomic mass is 9.67. The summed E-state index contributed by atoms with van der Waals surface area (Å²) >= 11 is 0. The van der Waals surface area contributed by atoms with Gasteiger partial charge in [-0.3, -0.25) is 0 Å². The van der Waals surface area contributed by atoms with Crippen molar-refractivity contribution in [2.75, 3.05) is 6.61 Å². The molecule has 2 aliphatic rings. The van der Waals surface area contributed by atoms with Crippen LogP contribution >= 0.6 is 0 Å². The zero-order valence-electron chi connectivity index (χ0n) is 16.3. The first kappa shape index (κ1) is 19.2. The second-order valence-electron chi connectivity index (χ2n) is 7.62. The van der Waals surface area contributed by atoms with Crippen molar-refractivity contribution in [3.05, 3.63) is 58.9 Å². The monoisotopic (exact) mass is 370 g/mol. The molecule has 5 heteroatoms. The lowest BCUT2D eigenvalue weighted by Crippen LogP contribution is -2.29. The SMILES string of the molecule is CCOC(=O)/C(=C/OC1C=C(C)C(=O)O1)C1CCC(C)(C)c2ccccc21. The smallest absolute Gasteiger partial charge is 0.337 e. The molecule has 0 spiro atoms. The maximum absolute atomic E-state index is 12.7. The zero-order valence-corrected chi connectivity index (χ0v) is 16.3. The number of fused-ring (bicyclic) bond motifs is 1. The largest absolute Gasteiger partial charge is 0.463 e. The van der Waals surface area contributed by atoms with Gasteiger partial charge in [0.15, 0.2) is 0 Å². The van der Waals surface area contributed by atoms with E-state index < -0.39 is 18.2 Å². The van der Waals surface area contributed by atoms with E-state index in [9.17, 15) is 9.59 Å². The molecule has 1 aromatic carbocycles. The molecule has 0 saturated carbocycles. The van der Waals surface area contributed by atoms with Gasteiger partial charge in [-0.2, -0.15) is 0 Å². The van der Waals surface area contributed by atoms with Gasteiger partial charge in [-0.05, 0) is 43.2 Å². The Morgan fingerprint density at radius 1 is 1.33 bits per heavy atom. The molecular formula is C22H26O5. The van der Waals surface area contributed by atoms with Crippen molar-refractivity contribution in [2.24, 2.45) is 0 Å². The van der Waals surface area contributed by atoms with Gasteiger partial charge in [0.1, 0.15) is 0 Å². The Morgan fingerprint density at radius 3 is 2.74 bits per heavy atom. The number of esters is 2. The van der Waals surface area contributed by atoms with Crippen LogP contribution in [0.1, 0.15) is 57.6 Å². The van der Waals surface area contributed by atoms with E-state index in [-0.39, 0.29) is 17.9 Å². The van der Waals surface area contributed by atoms with E-state index >= 15 is 0 Å². The Bertz CT molecular complexity index is 803. The third-order valence-electron chi connectivity index (χ3n) is 5.27. The highest BCUT2D eigenvalue weighted by Crippen LogP contribution is 2.45. The van der Waals surface area contributed by atoms with E-state index in [1.165, 1.54) is 11.8 Å². The number of hydrogen-bond donors (Lipinski definition) is 0. The van der Waals surface area contributed by atoms with Gasteiger partial charge >= 0.3 is 11.9 Å². The lowest BCUT2D eigenvalue weighted by molar-refractivity contribution is -0.152. The van der Waals surface area contributed by atoms with Gasteiger partial charge in [0.25, 0.3) is 6.29 Å². The Labute approximate surface area is 160 Å². The van der Waals surface area contributed by atoms with Gasteiger partial charge in [0.05, 0.1) is 18.4 Å². The fourth-order valence-corrected chi connectivity index (χ4v) is 3.73. The number of cyclic esters (lactones) is 1. The predicted octanol–water partition coefficient (Wildman–Crippen LogP) is 4.13. The Hall–Kier alpha value is -2.56. The molecule has 1 aliphatic carbocycles. The molecule has 1 heterocycles. The number of carbonyl (C=O) groups excluding carboxylic acids is 2. The molecule has 27 heavy (non-hydrogen) atoms. The van der Waals surface area contributed by atoms with Gasteiger partial charge in [-0.25, -0.2) is 9.59 Å². The predicted molar refractivity (Wildman–Crippen MR) is 101 cm³/mol. The standard InChI is InChI=1S/C22H26O5/c1-5-25-21(24)17(13-26-19-12-14(2)20(23)27-19)15-10-11-22(3,4)18-9-7-6-8-16(15)18/h6-9,12-13,15,19H,5,10-11H2,1-4H3/b17-13+. The van der Waals surface area contributed by atoms with Crippen LogP contribution in [-0.4, -0.2) is 24.8 Å². The number of ether oxygens (including phenoxy) is 3. The summed E-state index contributed by atoms with van der Waals surface area (Å²) in [6, 6.07) is 8.20. The third-order valence-corrected chi connectivity index (χ3v) is 5.27. The second-order valence-corrected chi connectivity index (χ2v) is 7.62. The first-order valence-corrected chi connectivity index (χ1v) is 9.35. The summed E-state index contributed by atoms with van der Waals surface area (Å²) < 4.78 is 16.0. The first-order chi connectivity index (χ1) is 12.8. The van der Waals surface area contributed by atoms with Crippen LogP contribution in [0.4, 0.5) is 0 Å². The highest BCUT2D eigenvalue weighted by molar-refractivity contribution is 5.91. The van der Waals surface area contributed by atoms with Gasteiger partial charge in [-0.15, -0.1) is 0 Å². The van der Waals surface area contributed by atoms with E-state index in [1.807, 2.05) is 12.1 Å². The highest BCUT2D eigenvalue weighted by atomic mass is 16.7. The molecule has 0 aromatic heterocycles. The molecule has 1 aromatic rings. The van der Waals surface area contributed by atoms with Crippen LogP contribution in [0.2, 0.25) is 0 Å². The van der Waals surface area contributed by atoms with Crippen LogP contribution < -0.4 is 0 Å². The minimum Gasteiger partial charge on any atom is -0.463 e. The highest BCUT2D eigenvalue weighted by Gasteiger charge is 2.36. The van der Waals surface area contributed by atoms with E-state index in [2.05, 4.69) is 26.0 Å². The maximum Gasteiger partial charge on any atom is 0.337 e. The summed E-state index contributed by atoms with van der Waals surface area (Å²) in [7, 11) is 0. The topological polar surface area (TPSA) is 61.8 Å². The Kier molecular flexibility index (Phi) is 5.40. The maximum atomic E-state index is 12.7. The van der Waals surface area contributed by atoms with Gasteiger partial charge in [0, 0.05) is 17.6 Å². The second kappa shape index (κ2) is 7.59. The quantitative estimate of drug-likeness (QED) is 0.443. The van der Waals surface area contributed by atoms with Crippen molar-refractivity contribution in [3.8, 4) is 0 Å². The van der Waals surface area contributed by atoms with Gasteiger partial charge < -0.3 is 14.2 Å². The van der Waals surface area contributed by atoms with E-state index in [4.69, 9.17) is 14.2 Å². The third kappa shape index (κ3) is 3.92. The van der Waals surface area contributed by atoms with Crippen LogP contribution in [0.25, 0.3) is 0 Å². The molecular weight excluding hydrogens is 344 g/mol. The number of carbonyl (C=O) groups is 2. The van der Waals surface area contributed by atoms with Crippen LogP contribution in [-0.2, 0) is 29.2 Å². The molecule has 0 N–H and O–H groups in total. The van der Waals surface area contributed by atoms with Crippen molar-refractivity contribution >= 4 is 11.9 Å². The zero-order chi connectivity index (χ0) is 19.6. The van der Waals surface area contributed by atoms with E-state index in [0.29, 0.717) is 11.1 Å². The van der Waals surface area contributed by atoms with Crippen LogP contribution in [0.5, 0.6) is 0 Å². The van der Waals surface area contributed by atoms with E-state index in [0.717, 1.165) is 18.4 Å². The average Bonchev–Trinajstić information content (AvgIpc) is 2.95. The lowest BCUT2D eigenvalue weighted by Gasteiger charge is -2.37. The molecule has 1 aliphatic heterocycles. The first-order valence-electron chi connectivity index (χ1n) is 9.35. The molecule has 0 radical (unpaired) electrons. The van der Waals surface area contributed by atoms with Crippen LogP contribution in [0.3, 0.4) is 0 Å². The number of hydrogen-bond acceptors (Lipinski definition) is 5. The Morgan fingerprint density at radius 2 is 2.07 bits per heavy atom. The summed E-state index contributed by atoms with van der Waals surface area (Å²) in [4.78, 5) is 24.2. The molecule has 2 atom stereocenters. The fraction of sp³-hybridized carbons (Fsp3) is 0.455. The molecule has 3 rings (SSSR count). The van der Waals surface area contributed by atoms with E-state index in [1.54, 1.807) is 19.9 Å². The Balaban J connectivity index is 1.93. The minimum absolute atomic E-state index is 0.0502. The normalized spacial score (nSPS) is 23.9. The number of rotatable bonds is 5. The van der Waals surface area contributed by atoms with Crippen LogP contribution in [0, 0.1) is 0 Å². The molecule has 5 nitrogen and oxygen atoms in total. The molecule has 0 fully saturated rings. The average molecular weight is 370 g/mol. The van der Waals surface area contributed by atoms with Crippen molar-refractivity contribution in [1.29, 1.82) is 0 Å². The van der Waals surface area contributed by atoms with Crippen molar-refractivity contribution in [3.63, 3.8) is 0 Å². The van der Waals surface area contributed by atoms with Gasteiger partial charge in [0.2, 0.25) is 0 Å². The van der Waals surface area contributed by atoms with Gasteiger partial charge in [-0.1, -0.05) is 38.1 Å². The summed E-state index contributed by atoms with van der Waals surface area (Å²) in [5, 5.41) is 0. The summed E-state index contributed by atoms with van der Waals surface area (Å²) in [5.74, 6) is -0.923. The van der Waals surface area contributed by atoms with Crippen LogP contribution in [0.15, 0.2) is 47.7 Å². The molecule has 0 saturated heterocycles. The van der Waals surface area contributed by atoms with Crippen molar-refractivity contribution in [1.82, 2.24) is 0 Å². The van der Waals surface area contributed by atoms with Crippen molar-refractivity contribution < 1.29 is 23.8 Å². The molecule has 144 valence electrons. The van der Waals surface area contributed by atoms with Crippen molar-refractivity contribution in [2.45, 2.75) is 58.2 Å². The summed E-state index contributed by atoms with van der Waals surface area (Å²) in [6.07, 6.45) is 3.96. The molecule has 2 unspecified atom stereocenters. The summed E-state index contributed by atoms with van der Waals surface area (Å²) in [6.45, 7) is 8.17. The minimum atomic E-state index is -0.808. The number of benzene rings is 1. The molecule has 0 bridgehead atoms.